The fourth-order valence-corrected chi connectivity index (χ4v) is 6.43. The van der Waals surface area contributed by atoms with Gasteiger partial charge in [-0.15, -0.1) is 0 Å². The zero-order valence-corrected chi connectivity index (χ0v) is 25.3. The maximum atomic E-state index is 6.34. The maximum absolute atomic E-state index is 6.34. The Balaban J connectivity index is 1.11. The molecule has 0 aliphatic heterocycles. The number of nitrogens with zero attached hydrogens (tertiary/aromatic N) is 3. The molecule has 7 aromatic carbocycles. The van der Waals surface area contributed by atoms with E-state index in [0.717, 1.165) is 55.5 Å². The van der Waals surface area contributed by atoms with Crippen molar-refractivity contribution in [3.8, 4) is 56.4 Å². The van der Waals surface area contributed by atoms with E-state index >= 15 is 0 Å². The summed E-state index contributed by atoms with van der Waals surface area (Å²) >= 11 is 0. The molecule has 0 radical (unpaired) electrons. The van der Waals surface area contributed by atoms with Crippen LogP contribution in [0.3, 0.4) is 0 Å². The third kappa shape index (κ3) is 4.84. The average Bonchev–Trinajstić information content (AvgIpc) is 3.54. The minimum atomic E-state index is 0.639. The summed E-state index contributed by atoms with van der Waals surface area (Å²) in [7, 11) is 0. The van der Waals surface area contributed by atoms with Crippen LogP contribution < -0.4 is 0 Å². The highest BCUT2D eigenvalue weighted by molar-refractivity contribution is 6.19. The monoisotopic (exact) mass is 601 g/mol. The molecule has 0 fully saturated rings. The molecule has 0 aliphatic rings. The summed E-state index contributed by atoms with van der Waals surface area (Å²) in [5.74, 6) is 1.93. The molecule has 4 heteroatoms. The smallest absolute Gasteiger partial charge is 0.164 e. The minimum Gasteiger partial charge on any atom is -0.456 e. The van der Waals surface area contributed by atoms with E-state index < -0.39 is 0 Å². The molecule has 9 rings (SSSR count). The summed E-state index contributed by atoms with van der Waals surface area (Å²) in [5.41, 5.74) is 9.02. The van der Waals surface area contributed by atoms with Gasteiger partial charge >= 0.3 is 0 Å². The standard InChI is InChI=1S/C43H27N3O/c1-3-12-31(13-4-1)41-44-42(32-14-5-2-6-15-32)46-43(45-41)36-18-10-9-16-34(36)30-21-19-28(20-22-30)33-23-25-37-39(27-33)47-38-26-24-29-11-7-8-17-35(29)40(37)38/h1-27H. The second-order valence-electron chi connectivity index (χ2n) is 11.6. The summed E-state index contributed by atoms with van der Waals surface area (Å²) < 4.78 is 6.34. The Morgan fingerprint density at radius 3 is 1.64 bits per heavy atom. The van der Waals surface area contributed by atoms with Crippen LogP contribution in [0.1, 0.15) is 0 Å². The van der Waals surface area contributed by atoms with Gasteiger partial charge in [-0.25, -0.2) is 15.0 Å². The average molecular weight is 602 g/mol. The van der Waals surface area contributed by atoms with Gasteiger partial charge in [0.2, 0.25) is 0 Å². The van der Waals surface area contributed by atoms with Crippen molar-refractivity contribution < 1.29 is 4.42 Å². The zero-order chi connectivity index (χ0) is 31.2. The number of aromatic nitrogens is 3. The Hall–Kier alpha value is -6.39. The molecule has 2 aromatic heterocycles. The van der Waals surface area contributed by atoms with Crippen molar-refractivity contribution in [2.75, 3.05) is 0 Å². The second kappa shape index (κ2) is 11.2. The van der Waals surface area contributed by atoms with Gasteiger partial charge < -0.3 is 4.42 Å². The molecular formula is C43H27N3O. The Morgan fingerprint density at radius 1 is 0.340 bits per heavy atom. The lowest BCUT2D eigenvalue weighted by Gasteiger charge is -2.12. The topological polar surface area (TPSA) is 51.8 Å². The molecule has 4 nitrogen and oxygen atoms in total. The maximum Gasteiger partial charge on any atom is 0.164 e. The summed E-state index contributed by atoms with van der Waals surface area (Å²) in [6.07, 6.45) is 0. The SMILES string of the molecule is c1ccc(-c2nc(-c3ccccc3)nc(-c3ccccc3-c3ccc(-c4ccc5c(c4)oc4ccc6ccccc6c45)cc3)n2)cc1. The molecule has 0 amide bonds. The summed E-state index contributed by atoms with van der Waals surface area (Å²) in [5, 5.41) is 4.73. The molecule has 0 N–H and O–H groups in total. The van der Waals surface area contributed by atoms with Crippen molar-refractivity contribution in [3.05, 3.63) is 164 Å². The predicted molar refractivity (Wildman–Crippen MR) is 192 cm³/mol. The summed E-state index contributed by atoms with van der Waals surface area (Å²) in [6, 6.07) is 56.3. The third-order valence-electron chi connectivity index (χ3n) is 8.76. The number of benzene rings is 7. The van der Waals surface area contributed by atoms with E-state index in [4.69, 9.17) is 19.4 Å². The first kappa shape index (κ1) is 27.0. The molecule has 9 aromatic rings. The number of hydrogen-bond acceptors (Lipinski definition) is 4. The lowest BCUT2D eigenvalue weighted by atomic mass is 9.96. The van der Waals surface area contributed by atoms with Gasteiger partial charge in [0.05, 0.1) is 0 Å². The fourth-order valence-electron chi connectivity index (χ4n) is 6.43. The van der Waals surface area contributed by atoms with Gasteiger partial charge in [0.1, 0.15) is 11.2 Å². The van der Waals surface area contributed by atoms with Gasteiger partial charge in [-0.1, -0.05) is 146 Å². The summed E-state index contributed by atoms with van der Waals surface area (Å²) in [4.78, 5) is 14.8. The van der Waals surface area contributed by atoms with Crippen molar-refractivity contribution in [2.24, 2.45) is 0 Å². The van der Waals surface area contributed by atoms with E-state index in [9.17, 15) is 0 Å². The van der Waals surface area contributed by atoms with E-state index in [1.807, 2.05) is 66.7 Å². The number of furan rings is 1. The Bertz CT molecular complexity index is 2500. The fraction of sp³-hybridized carbons (Fsp3) is 0. The molecule has 47 heavy (non-hydrogen) atoms. The lowest BCUT2D eigenvalue weighted by molar-refractivity contribution is 0.669. The van der Waals surface area contributed by atoms with Crippen molar-refractivity contribution in [1.82, 2.24) is 15.0 Å². The van der Waals surface area contributed by atoms with E-state index in [2.05, 4.69) is 97.1 Å². The Morgan fingerprint density at radius 2 is 0.915 bits per heavy atom. The van der Waals surface area contributed by atoms with E-state index in [0.29, 0.717) is 17.5 Å². The number of hydrogen-bond donors (Lipinski definition) is 0. The molecule has 0 saturated carbocycles. The normalized spacial score (nSPS) is 11.4. The van der Waals surface area contributed by atoms with Crippen LogP contribution in [0, 0.1) is 0 Å². The van der Waals surface area contributed by atoms with Gasteiger partial charge in [0.15, 0.2) is 17.5 Å². The van der Waals surface area contributed by atoms with Crippen LogP contribution in [-0.4, -0.2) is 15.0 Å². The third-order valence-corrected chi connectivity index (χ3v) is 8.76. The van der Waals surface area contributed by atoms with Gasteiger partial charge in [-0.2, -0.15) is 0 Å². The van der Waals surface area contributed by atoms with Gasteiger partial charge in [-0.05, 0) is 51.2 Å². The van der Waals surface area contributed by atoms with Gasteiger partial charge in [0.25, 0.3) is 0 Å². The quantitative estimate of drug-likeness (QED) is 0.197. The van der Waals surface area contributed by atoms with Crippen LogP contribution in [0.25, 0.3) is 89.1 Å². The first-order valence-corrected chi connectivity index (χ1v) is 15.7. The number of rotatable bonds is 5. The Kier molecular flexibility index (Phi) is 6.43. The van der Waals surface area contributed by atoms with Crippen LogP contribution >= 0.6 is 0 Å². The molecule has 0 unspecified atom stereocenters. The minimum absolute atomic E-state index is 0.639. The van der Waals surface area contributed by atoms with E-state index in [1.165, 1.54) is 16.2 Å². The first-order valence-electron chi connectivity index (χ1n) is 15.7. The molecular weight excluding hydrogens is 574 g/mol. The predicted octanol–water partition coefficient (Wildman–Crippen LogP) is 11.3. The lowest BCUT2D eigenvalue weighted by Crippen LogP contribution is -2.01. The van der Waals surface area contributed by atoms with Crippen molar-refractivity contribution in [3.63, 3.8) is 0 Å². The highest BCUT2D eigenvalue weighted by atomic mass is 16.3. The highest BCUT2D eigenvalue weighted by Gasteiger charge is 2.16. The first-order chi connectivity index (χ1) is 23.3. The van der Waals surface area contributed by atoms with E-state index in [-0.39, 0.29) is 0 Å². The molecule has 0 aliphatic carbocycles. The molecule has 220 valence electrons. The molecule has 0 atom stereocenters. The largest absolute Gasteiger partial charge is 0.456 e. The number of fused-ring (bicyclic) bond motifs is 5. The van der Waals surface area contributed by atoms with Gasteiger partial charge in [0, 0.05) is 27.5 Å². The summed E-state index contributed by atoms with van der Waals surface area (Å²) in [6.45, 7) is 0. The molecule has 0 bridgehead atoms. The van der Waals surface area contributed by atoms with Crippen LogP contribution in [0.4, 0.5) is 0 Å². The van der Waals surface area contributed by atoms with Crippen LogP contribution in [0.15, 0.2) is 168 Å². The van der Waals surface area contributed by atoms with Crippen molar-refractivity contribution in [2.45, 2.75) is 0 Å². The Labute approximate surface area is 271 Å². The zero-order valence-electron chi connectivity index (χ0n) is 25.3. The van der Waals surface area contributed by atoms with E-state index in [1.54, 1.807) is 0 Å². The van der Waals surface area contributed by atoms with Crippen molar-refractivity contribution in [1.29, 1.82) is 0 Å². The molecule has 2 heterocycles. The molecule has 0 spiro atoms. The van der Waals surface area contributed by atoms with Gasteiger partial charge in [-0.3, -0.25) is 0 Å². The highest BCUT2D eigenvalue weighted by Crippen LogP contribution is 2.38. The van der Waals surface area contributed by atoms with Crippen molar-refractivity contribution >= 4 is 32.7 Å². The second-order valence-corrected chi connectivity index (χ2v) is 11.6. The van der Waals surface area contributed by atoms with Crippen LogP contribution in [0.2, 0.25) is 0 Å². The molecule has 0 saturated heterocycles. The van der Waals surface area contributed by atoms with Crippen LogP contribution in [-0.2, 0) is 0 Å². The van der Waals surface area contributed by atoms with Crippen LogP contribution in [0.5, 0.6) is 0 Å².